The van der Waals surface area contributed by atoms with Crippen molar-refractivity contribution in [1.82, 2.24) is 9.80 Å². The van der Waals surface area contributed by atoms with E-state index in [-0.39, 0.29) is 11.3 Å². The molecule has 2 aliphatic rings. The number of likely N-dealkylation sites (tertiary alicyclic amines) is 1. The summed E-state index contributed by atoms with van der Waals surface area (Å²) in [5, 5.41) is 0. The molecule has 0 bridgehead atoms. The standard InChI is InChI=1S/C19H34N2O/c1-7-10-21-11-8-15(9-12-21)20(6)18(22)17-16(13-14(2)3)19(17,4)5/h13,15-17H,7-12H2,1-6H3/t16-,17+/m1/s1. The summed E-state index contributed by atoms with van der Waals surface area (Å²) in [6, 6.07) is 0.435. The number of amides is 1. The lowest BCUT2D eigenvalue weighted by Gasteiger charge is -2.37. The molecule has 0 unspecified atom stereocenters. The molecule has 3 nitrogen and oxygen atoms in total. The van der Waals surface area contributed by atoms with Gasteiger partial charge in [0.25, 0.3) is 0 Å². The van der Waals surface area contributed by atoms with Gasteiger partial charge in [-0.25, -0.2) is 0 Å². The Hall–Kier alpha value is -0.830. The molecule has 1 amide bonds. The molecule has 0 aromatic rings. The van der Waals surface area contributed by atoms with Crippen LogP contribution in [0.4, 0.5) is 0 Å². The number of carbonyl (C=O) groups excluding carboxylic acids is 1. The average molecular weight is 306 g/mol. The average Bonchev–Trinajstić information content (AvgIpc) is 2.98. The van der Waals surface area contributed by atoms with Crippen LogP contribution in [0.2, 0.25) is 0 Å². The molecule has 126 valence electrons. The van der Waals surface area contributed by atoms with E-state index in [2.05, 4.69) is 50.5 Å². The molecular formula is C19H34N2O. The largest absolute Gasteiger partial charge is 0.342 e. The summed E-state index contributed by atoms with van der Waals surface area (Å²) >= 11 is 0. The summed E-state index contributed by atoms with van der Waals surface area (Å²) in [4.78, 5) is 17.5. The van der Waals surface area contributed by atoms with Gasteiger partial charge in [-0.1, -0.05) is 32.4 Å². The number of hydrogen-bond acceptors (Lipinski definition) is 2. The first-order valence-corrected chi connectivity index (χ1v) is 8.93. The normalized spacial score (nSPS) is 28.3. The lowest BCUT2D eigenvalue weighted by Crippen LogP contribution is -2.46. The van der Waals surface area contributed by atoms with E-state index in [1.54, 1.807) is 0 Å². The third-order valence-electron chi connectivity index (χ3n) is 5.68. The van der Waals surface area contributed by atoms with Crippen molar-refractivity contribution in [1.29, 1.82) is 0 Å². The zero-order valence-electron chi connectivity index (χ0n) is 15.4. The number of allylic oxidation sites excluding steroid dienone is 2. The Morgan fingerprint density at radius 1 is 1.27 bits per heavy atom. The van der Waals surface area contributed by atoms with E-state index in [0.29, 0.717) is 17.9 Å². The third-order valence-corrected chi connectivity index (χ3v) is 5.68. The van der Waals surface area contributed by atoms with Crippen LogP contribution in [0.25, 0.3) is 0 Å². The van der Waals surface area contributed by atoms with Crippen LogP contribution < -0.4 is 0 Å². The van der Waals surface area contributed by atoms with E-state index in [1.807, 2.05) is 7.05 Å². The first-order valence-electron chi connectivity index (χ1n) is 8.93. The summed E-state index contributed by atoms with van der Waals surface area (Å²) in [6.45, 7) is 14.4. The maximum Gasteiger partial charge on any atom is 0.226 e. The van der Waals surface area contributed by atoms with Gasteiger partial charge in [0.15, 0.2) is 0 Å². The number of hydrogen-bond donors (Lipinski definition) is 0. The Kier molecular flexibility index (Phi) is 5.37. The van der Waals surface area contributed by atoms with Gasteiger partial charge in [-0.2, -0.15) is 0 Å². The van der Waals surface area contributed by atoms with Gasteiger partial charge in [-0.3, -0.25) is 4.79 Å². The van der Waals surface area contributed by atoms with Crippen molar-refractivity contribution in [2.45, 2.75) is 59.9 Å². The topological polar surface area (TPSA) is 23.6 Å². The summed E-state index contributed by atoms with van der Waals surface area (Å²) in [5.74, 6) is 0.968. The second-order valence-electron chi connectivity index (χ2n) is 8.09. The van der Waals surface area contributed by atoms with Crippen LogP contribution in [-0.4, -0.2) is 48.4 Å². The van der Waals surface area contributed by atoms with Gasteiger partial charge >= 0.3 is 0 Å². The first-order chi connectivity index (χ1) is 10.3. The van der Waals surface area contributed by atoms with Crippen molar-refractivity contribution >= 4 is 5.91 Å². The molecule has 22 heavy (non-hydrogen) atoms. The molecular weight excluding hydrogens is 272 g/mol. The predicted octanol–water partition coefficient (Wildman–Crippen LogP) is 3.56. The van der Waals surface area contributed by atoms with Crippen LogP contribution in [0.15, 0.2) is 11.6 Å². The molecule has 1 aliphatic carbocycles. The zero-order valence-corrected chi connectivity index (χ0v) is 15.4. The van der Waals surface area contributed by atoms with Crippen molar-refractivity contribution in [3.63, 3.8) is 0 Å². The highest BCUT2D eigenvalue weighted by Crippen LogP contribution is 2.60. The predicted molar refractivity (Wildman–Crippen MR) is 92.7 cm³/mol. The fraction of sp³-hybridized carbons (Fsp3) is 0.842. The maximum atomic E-state index is 12.9. The summed E-state index contributed by atoms with van der Waals surface area (Å²) < 4.78 is 0. The molecule has 1 aliphatic heterocycles. The lowest BCUT2D eigenvalue weighted by molar-refractivity contribution is -0.135. The van der Waals surface area contributed by atoms with Gasteiger partial charge in [-0.15, -0.1) is 0 Å². The lowest BCUT2D eigenvalue weighted by atomic mass is 10.0. The second kappa shape index (κ2) is 6.74. The molecule has 1 heterocycles. The molecule has 3 heteroatoms. The van der Waals surface area contributed by atoms with E-state index in [1.165, 1.54) is 18.5 Å². The van der Waals surface area contributed by atoms with E-state index >= 15 is 0 Å². The van der Waals surface area contributed by atoms with E-state index in [9.17, 15) is 4.79 Å². The van der Waals surface area contributed by atoms with Gasteiger partial charge in [0, 0.05) is 26.2 Å². The Bertz CT molecular complexity index is 429. The summed E-state index contributed by atoms with van der Waals surface area (Å²) in [5.41, 5.74) is 1.45. The third kappa shape index (κ3) is 3.56. The zero-order chi connectivity index (χ0) is 16.5. The highest BCUT2D eigenvalue weighted by molar-refractivity contribution is 5.84. The van der Waals surface area contributed by atoms with Crippen LogP contribution >= 0.6 is 0 Å². The number of piperidine rings is 1. The SMILES string of the molecule is CCCN1CCC(N(C)C(=O)[C@@H]2[C@@H](C=C(C)C)C2(C)C)CC1. The second-order valence-corrected chi connectivity index (χ2v) is 8.09. The Morgan fingerprint density at radius 2 is 1.86 bits per heavy atom. The van der Waals surface area contributed by atoms with E-state index in [4.69, 9.17) is 0 Å². The van der Waals surface area contributed by atoms with Crippen molar-refractivity contribution in [3.8, 4) is 0 Å². The minimum atomic E-state index is 0.130. The molecule has 0 spiro atoms. The van der Waals surface area contributed by atoms with Crippen molar-refractivity contribution < 1.29 is 4.79 Å². The van der Waals surface area contributed by atoms with Crippen molar-refractivity contribution in [2.75, 3.05) is 26.7 Å². The fourth-order valence-corrected chi connectivity index (χ4v) is 4.07. The molecule has 2 fully saturated rings. The first kappa shape index (κ1) is 17.5. The molecule has 2 atom stereocenters. The van der Waals surface area contributed by atoms with Crippen LogP contribution in [0.5, 0.6) is 0 Å². The smallest absolute Gasteiger partial charge is 0.226 e. The van der Waals surface area contributed by atoms with Crippen LogP contribution in [0.1, 0.15) is 53.9 Å². The summed E-state index contributed by atoms with van der Waals surface area (Å²) in [6.07, 6.45) is 5.77. The minimum absolute atomic E-state index is 0.130. The maximum absolute atomic E-state index is 12.9. The van der Waals surface area contributed by atoms with Gasteiger partial charge in [-0.05, 0) is 51.0 Å². The van der Waals surface area contributed by atoms with Gasteiger partial charge in [0.1, 0.15) is 0 Å². The van der Waals surface area contributed by atoms with Crippen molar-refractivity contribution in [3.05, 3.63) is 11.6 Å². The Morgan fingerprint density at radius 3 is 2.36 bits per heavy atom. The molecule has 1 saturated heterocycles. The molecule has 0 aromatic carbocycles. The van der Waals surface area contributed by atoms with E-state index < -0.39 is 0 Å². The quantitative estimate of drug-likeness (QED) is 0.725. The molecule has 1 saturated carbocycles. The molecule has 0 N–H and O–H groups in total. The highest BCUT2D eigenvalue weighted by atomic mass is 16.2. The van der Waals surface area contributed by atoms with Gasteiger partial charge < -0.3 is 9.80 Å². The monoisotopic (exact) mass is 306 g/mol. The molecule has 0 radical (unpaired) electrons. The van der Waals surface area contributed by atoms with E-state index in [0.717, 1.165) is 25.9 Å². The Labute approximate surface area is 136 Å². The van der Waals surface area contributed by atoms with Crippen molar-refractivity contribution in [2.24, 2.45) is 17.3 Å². The minimum Gasteiger partial charge on any atom is -0.342 e. The molecule has 2 rings (SSSR count). The summed E-state index contributed by atoms with van der Waals surface area (Å²) in [7, 11) is 2.02. The molecule has 0 aromatic heterocycles. The number of carbonyl (C=O) groups is 1. The fourth-order valence-electron chi connectivity index (χ4n) is 4.07. The van der Waals surface area contributed by atoms with Crippen LogP contribution in [-0.2, 0) is 4.79 Å². The highest BCUT2D eigenvalue weighted by Gasteiger charge is 2.61. The number of rotatable bonds is 5. The van der Waals surface area contributed by atoms with Gasteiger partial charge in [0.2, 0.25) is 5.91 Å². The number of nitrogens with zero attached hydrogens (tertiary/aromatic N) is 2. The van der Waals surface area contributed by atoms with Crippen LogP contribution in [0, 0.1) is 17.3 Å². The van der Waals surface area contributed by atoms with Gasteiger partial charge in [0.05, 0.1) is 5.92 Å². The van der Waals surface area contributed by atoms with Crippen LogP contribution in [0.3, 0.4) is 0 Å². The Balaban J connectivity index is 1.92.